The number of aliphatic hydroxyl groups excluding tert-OH is 1. The van der Waals surface area contributed by atoms with Crippen LogP contribution in [0.5, 0.6) is 5.75 Å². The van der Waals surface area contributed by atoms with Crippen LogP contribution >= 0.6 is 23.2 Å². The van der Waals surface area contributed by atoms with Crippen molar-refractivity contribution in [2.24, 2.45) is 5.92 Å². The highest BCUT2D eigenvalue weighted by atomic mass is 35.5. The lowest BCUT2D eigenvalue weighted by Gasteiger charge is -2.31. The van der Waals surface area contributed by atoms with Crippen molar-refractivity contribution in [1.29, 1.82) is 0 Å². The van der Waals surface area contributed by atoms with Crippen LogP contribution in [-0.2, 0) is 4.79 Å². The summed E-state index contributed by atoms with van der Waals surface area (Å²) in [6.07, 6.45) is 1.66. The minimum Gasteiger partial charge on any atom is -0.493 e. The molecule has 0 aromatic heterocycles. The van der Waals surface area contributed by atoms with Gasteiger partial charge in [0, 0.05) is 12.6 Å². The fourth-order valence-electron chi connectivity index (χ4n) is 2.04. The molecular weight excluding hydrogens is 301 g/mol. The highest BCUT2D eigenvalue weighted by molar-refractivity contribution is 6.42. The number of nitrogens with one attached hydrogen (secondary N) is 1. The maximum absolute atomic E-state index is 11.6. The van der Waals surface area contributed by atoms with Gasteiger partial charge in [0.05, 0.1) is 29.2 Å². The second-order valence-electron chi connectivity index (χ2n) is 4.97. The van der Waals surface area contributed by atoms with Crippen LogP contribution in [0.4, 0.5) is 0 Å². The fourth-order valence-corrected chi connectivity index (χ4v) is 2.33. The first-order valence-corrected chi connectivity index (χ1v) is 7.33. The van der Waals surface area contributed by atoms with Gasteiger partial charge in [-0.1, -0.05) is 23.2 Å². The molecule has 1 saturated carbocycles. The number of hydrogen-bond acceptors (Lipinski definition) is 3. The predicted octanol–water partition coefficient (Wildman–Crippen LogP) is 2.65. The van der Waals surface area contributed by atoms with Gasteiger partial charge < -0.3 is 15.2 Å². The van der Waals surface area contributed by atoms with Crippen molar-refractivity contribution in [3.63, 3.8) is 0 Å². The van der Waals surface area contributed by atoms with Gasteiger partial charge in [-0.05, 0) is 30.9 Å². The molecule has 0 aliphatic heterocycles. The Balaban J connectivity index is 1.62. The molecule has 0 saturated heterocycles. The van der Waals surface area contributed by atoms with Gasteiger partial charge in [0.25, 0.3) is 0 Å². The predicted molar refractivity (Wildman–Crippen MR) is 78.3 cm³/mol. The fraction of sp³-hybridized carbons (Fsp3) is 0.500. The van der Waals surface area contributed by atoms with Gasteiger partial charge in [0.2, 0.25) is 5.91 Å². The third-order valence-electron chi connectivity index (χ3n) is 3.29. The largest absolute Gasteiger partial charge is 0.493 e. The number of ether oxygens (including phenoxy) is 1. The zero-order valence-corrected chi connectivity index (χ0v) is 12.5. The van der Waals surface area contributed by atoms with Crippen LogP contribution in [-0.4, -0.2) is 30.3 Å². The maximum atomic E-state index is 11.6. The molecule has 110 valence electrons. The number of benzene rings is 1. The third kappa shape index (κ3) is 4.54. The van der Waals surface area contributed by atoms with E-state index in [1.807, 2.05) is 0 Å². The summed E-state index contributed by atoms with van der Waals surface area (Å²) >= 11 is 11.7. The molecule has 2 N–H and O–H groups in total. The van der Waals surface area contributed by atoms with Gasteiger partial charge in [-0.2, -0.15) is 0 Å². The zero-order chi connectivity index (χ0) is 14.5. The second kappa shape index (κ2) is 7.16. The third-order valence-corrected chi connectivity index (χ3v) is 4.03. The van der Waals surface area contributed by atoms with E-state index >= 15 is 0 Å². The van der Waals surface area contributed by atoms with E-state index in [0.29, 0.717) is 28.3 Å². The van der Waals surface area contributed by atoms with E-state index in [4.69, 9.17) is 33.0 Å². The monoisotopic (exact) mass is 317 g/mol. The Labute approximate surface area is 128 Å². The van der Waals surface area contributed by atoms with Crippen molar-refractivity contribution in [2.75, 3.05) is 13.2 Å². The first kappa shape index (κ1) is 15.4. The van der Waals surface area contributed by atoms with Gasteiger partial charge >= 0.3 is 0 Å². The Bertz CT molecular complexity index is 475. The molecule has 1 aromatic rings. The summed E-state index contributed by atoms with van der Waals surface area (Å²) < 4.78 is 5.43. The lowest BCUT2D eigenvalue weighted by molar-refractivity contribution is -0.122. The summed E-state index contributed by atoms with van der Waals surface area (Å²) in [6.45, 7) is 0.916. The summed E-state index contributed by atoms with van der Waals surface area (Å²) in [4.78, 5) is 11.6. The molecule has 4 nitrogen and oxygen atoms in total. The van der Waals surface area contributed by atoms with E-state index in [1.165, 1.54) is 0 Å². The normalized spacial score (nSPS) is 21.1. The molecule has 0 atom stereocenters. The topological polar surface area (TPSA) is 58.6 Å². The molecule has 1 amide bonds. The lowest BCUT2D eigenvalue weighted by Crippen LogP contribution is -2.38. The van der Waals surface area contributed by atoms with E-state index in [-0.39, 0.29) is 25.0 Å². The number of hydrogen-bond donors (Lipinski definition) is 2. The molecule has 0 unspecified atom stereocenters. The van der Waals surface area contributed by atoms with Crippen LogP contribution in [0, 0.1) is 5.92 Å². The number of amides is 1. The average Bonchev–Trinajstić information content (AvgIpc) is 2.37. The Morgan fingerprint density at radius 2 is 2.10 bits per heavy atom. The van der Waals surface area contributed by atoms with Gasteiger partial charge in [-0.25, -0.2) is 0 Å². The van der Waals surface area contributed by atoms with Crippen molar-refractivity contribution in [1.82, 2.24) is 5.32 Å². The maximum Gasteiger partial charge on any atom is 0.223 e. The number of aliphatic hydroxyl groups is 1. The van der Waals surface area contributed by atoms with Gasteiger partial charge in [0.15, 0.2) is 0 Å². The molecule has 0 spiro atoms. The standard InChI is InChI=1S/C14H17Cl2NO3/c15-12-2-1-11(7-13(12)16)20-4-3-14(19)17-8-9-5-10(18)6-9/h1-2,7,9-10,18H,3-6,8H2,(H,17,19). The molecule has 0 bridgehead atoms. The van der Waals surface area contributed by atoms with Crippen LogP contribution in [0.25, 0.3) is 0 Å². The summed E-state index contributed by atoms with van der Waals surface area (Å²) in [5.41, 5.74) is 0. The van der Waals surface area contributed by atoms with Crippen LogP contribution in [0.3, 0.4) is 0 Å². The highest BCUT2D eigenvalue weighted by Crippen LogP contribution is 2.27. The molecule has 6 heteroatoms. The molecule has 1 aliphatic rings. The zero-order valence-electron chi connectivity index (χ0n) is 10.9. The quantitative estimate of drug-likeness (QED) is 0.848. The van der Waals surface area contributed by atoms with Crippen LogP contribution < -0.4 is 10.1 Å². The highest BCUT2D eigenvalue weighted by Gasteiger charge is 2.26. The van der Waals surface area contributed by atoms with Crippen LogP contribution in [0.15, 0.2) is 18.2 Å². The smallest absolute Gasteiger partial charge is 0.223 e. The molecule has 1 fully saturated rings. The molecule has 1 aliphatic carbocycles. The SMILES string of the molecule is O=C(CCOc1ccc(Cl)c(Cl)c1)NCC1CC(O)C1. The molecule has 2 rings (SSSR count). The van der Waals surface area contributed by atoms with Crippen LogP contribution in [0.1, 0.15) is 19.3 Å². The number of carbonyl (C=O) groups excluding carboxylic acids is 1. The second-order valence-corrected chi connectivity index (χ2v) is 5.78. The van der Waals surface area contributed by atoms with E-state index in [2.05, 4.69) is 5.32 Å². The van der Waals surface area contributed by atoms with E-state index in [1.54, 1.807) is 18.2 Å². The van der Waals surface area contributed by atoms with Gasteiger partial charge in [-0.3, -0.25) is 4.79 Å². The molecule has 0 radical (unpaired) electrons. The summed E-state index contributed by atoms with van der Waals surface area (Å²) in [6, 6.07) is 4.99. The van der Waals surface area contributed by atoms with Crippen LogP contribution in [0.2, 0.25) is 10.0 Å². The van der Waals surface area contributed by atoms with E-state index in [0.717, 1.165) is 12.8 Å². The van der Waals surface area contributed by atoms with Crippen molar-refractivity contribution < 1.29 is 14.6 Å². The first-order valence-electron chi connectivity index (χ1n) is 6.57. The van der Waals surface area contributed by atoms with Crippen molar-refractivity contribution in [2.45, 2.75) is 25.4 Å². The van der Waals surface area contributed by atoms with Gasteiger partial charge in [-0.15, -0.1) is 0 Å². The summed E-state index contributed by atoms with van der Waals surface area (Å²) in [5.74, 6) is 0.950. The Hall–Kier alpha value is -0.970. The summed E-state index contributed by atoms with van der Waals surface area (Å²) in [5, 5.41) is 12.9. The van der Waals surface area contributed by atoms with Crippen molar-refractivity contribution in [3.8, 4) is 5.75 Å². The minimum atomic E-state index is -0.185. The van der Waals surface area contributed by atoms with Gasteiger partial charge in [0.1, 0.15) is 5.75 Å². The molecule has 0 heterocycles. The Morgan fingerprint density at radius 3 is 2.75 bits per heavy atom. The Kier molecular flexibility index (Phi) is 5.52. The van der Waals surface area contributed by atoms with E-state index < -0.39 is 0 Å². The number of halogens is 2. The number of carbonyl (C=O) groups is 1. The molecular formula is C14H17Cl2NO3. The summed E-state index contributed by atoms with van der Waals surface area (Å²) in [7, 11) is 0. The number of rotatable bonds is 6. The van der Waals surface area contributed by atoms with E-state index in [9.17, 15) is 4.79 Å². The minimum absolute atomic E-state index is 0.0496. The average molecular weight is 318 g/mol. The molecule has 1 aromatic carbocycles. The lowest BCUT2D eigenvalue weighted by atomic mass is 9.82. The first-order chi connectivity index (χ1) is 9.54. The Morgan fingerprint density at radius 1 is 1.35 bits per heavy atom. The van der Waals surface area contributed by atoms with Crippen molar-refractivity contribution in [3.05, 3.63) is 28.2 Å². The van der Waals surface area contributed by atoms with Crippen molar-refractivity contribution >= 4 is 29.1 Å². The molecule has 20 heavy (non-hydrogen) atoms.